The summed E-state index contributed by atoms with van der Waals surface area (Å²) in [5.74, 6) is 1.21. The van der Waals surface area contributed by atoms with Gasteiger partial charge in [0.2, 0.25) is 0 Å². The van der Waals surface area contributed by atoms with Gasteiger partial charge in [0, 0.05) is 33.9 Å². The third-order valence-corrected chi connectivity index (χ3v) is 3.17. The first-order valence-corrected chi connectivity index (χ1v) is 6.54. The molecule has 0 aromatic carbocycles. The molecule has 1 fully saturated rings. The van der Waals surface area contributed by atoms with Gasteiger partial charge < -0.3 is 15.0 Å². The zero-order valence-corrected chi connectivity index (χ0v) is 11.4. The Hall–Kier alpha value is -1.69. The van der Waals surface area contributed by atoms with Crippen molar-refractivity contribution in [3.8, 4) is 0 Å². The third-order valence-electron chi connectivity index (χ3n) is 3.17. The molecule has 104 valence electrons. The van der Waals surface area contributed by atoms with Gasteiger partial charge in [-0.2, -0.15) is 0 Å². The van der Waals surface area contributed by atoms with E-state index >= 15 is 0 Å². The second kappa shape index (κ2) is 6.47. The molecule has 1 aliphatic rings. The van der Waals surface area contributed by atoms with Crippen LogP contribution >= 0.6 is 0 Å². The molecule has 0 aliphatic carbocycles. The van der Waals surface area contributed by atoms with Gasteiger partial charge >= 0.3 is 0 Å². The molecule has 1 unspecified atom stereocenters. The fourth-order valence-electron chi connectivity index (χ4n) is 1.99. The van der Waals surface area contributed by atoms with Gasteiger partial charge in [0.05, 0.1) is 0 Å². The number of rotatable bonds is 5. The first kappa shape index (κ1) is 13.7. The van der Waals surface area contributed by atoms with Crippen LogP contribution in [0.1, 0.15) is 23.3 Å². The lowest BCUT2D eigenvalue weighted by molar-refractivity contribution is 0.0821. The van der Waals surface area contributed by atoms with E-state index in [1.54, 1.807) is 26.2 Å². The summed E-state index contributed by atoms with van der Waals surface area (Å²) in [7, 11) is 3.39. The Labute approximate surface area is 113 Å². The van der Waals surface area contributed by atoms with E-state index in [9.17, 15) is 4.79 Å². The van der Waals surface area contributed by atoms with Gasteiger partial charge in [0.1, 0.15) is 5.82 Å². The largest absolute Gasteiger partial charge is 0.381 e. The summed E-state index contributed by atoms with van der Waals surface area (Å²) < 4.78 is 5.33. The lowest BCUT2D eigenvalue weighted by Gasteiger charge is -2.10. The van der Waals surface area contributed by atoms with E-state index in [4.69, 9.17) is 4.74 Å². The van der Waals surface area contributed by atoms with E-state index in [1.165, 1.54) is 4.90 Å². The number of hydrogen-bond donors (Lipinski definition) is 1. The van der Waals surface area contributed by atoms with Crippen LogP contribution in [0.2, 0.25) is 0 Å². The molecule has 1 atom stereocenters. The highest BCUT2D eigenvalue weighted by Gasteiger charge is 2.15. The number of nitrogens with zero attached hydrogens (tertiary/aromatic N) is 3. The topological polar surface area (TPSA) is 67.4 Å². The van der Waals surface area contributed by atoms with Crippen molar-refractivity contribution in [2.24, 2.45) is 5.92 Å². The average molecular weight is 264 g/mol. The highest BCUT2D eigenvalue weighted by Crippen LogP contribution is 2.16. The van der Waals surface area contributed by atoms with Crippen LogP contribution in [0.4, 0.5) is 5.82 Å². The summed E-state index contributed by atoms with van der Waals surface area (Å²) in [5, 5.41) is 11.1. The maximum Gasteiger partial charge on any atom is 0.273 e. The van der Waals surface area contributed by atoms with E-state index < -0.39 is 0 Å². The summed E-state index contributed by atoms with van der Waals surface area (Å²) in [6.07, 6.45) is 2.21. The van der Waals surface area contributed by atoms with Crippen molar-refractivity contribution in [1.82, 2.24) is 15.1 Å². The summed E-state index contributed by atoms with van der Waals surface area (Å²) in [5.41, 5.74) is 0.361. The van der Waals surface area contributed by atoms with Crippen LogP contribution in [0.15, 0.2) is 12.1 Å². The lowest BCUT2D eigenvalue weighted by Crippen LogP contribution is -2.23. The molecule has 1 N–H and O–H groups in total. The van der Waals surface area contributed by atoms with Crippen LogP contribution in [0.25, 0.3) is 0 Å². The van der Waals surface area contributed by atoms with Gasteiger partial charge in [-0.1, -0.05) is 0 Å². The SMILES string of the molecule is CN(C)C(=O)c1ccc(NCCC2CCOC2)nn1. The first-order valence-electron chi connectivity index (χ1n) is 6.54. The van der Waals surface area contributed by atoms with Crippen molar-refractivity contribution < 1.29 is 9.53 Å². The van der Waals surface area contributed by atoms with Crippen LogP contribution in [-0.4, -0.2) is 54.9 Å². The molecular weight excluding hydrogens is 244 g/mol. The quantitative estimate of drug-likeness (QED) is 0.860. The Morgan fingerprint density at radius 1 is 1.47 bits per heavy atom. The minimum atomic E-state index is -0.137. The average Bonchev–Trinajstić information content (AvgIpc) is 2.92. The fourth-order valence-corrected chi connectivity index (χ4v) is 1.99. The van der Waals surface area contributed by atoms with E-state index in [2.05, 4.69) is 15.5 Å². The minimum Gasteiger partial charge on any atom is -0.381 e. The first-order chi connectivity index (χ1) is 9.16. The Morgan fingerprint density at radius 3 is 2.89 bits per heavy atom. The third kappa shape index (κ3) is 3.89. The number of nitrogens with one attached hydrogen (secondary N) is 1. The molecule has 1 amide bonds. The molecule has 0 radical (unpaired) electrons. The molecule has 1 aromatic rings. The number of ether oxygens (including phenoxy) is 1. The van der Waals surface area contributed by atoms with Gasteiger partial charge in [0.15, 0.2) is 5.69 Å². The normalized spacial score (nSPS) is 18.3. The zero-order chi connectivity index (χ0) is 13.7. The van der Waals surface area contributed by atoms with Crippen molar-refractivity contribution >= 4 is 11.7 Å². The molecule has 0 bridgehead atoms. The smallest absolute Gasteiger partial charge is 0.273 e. The minimum absolute atomic E-state index is 0.137. The van der Waals surface area contributed by atoms with E-state index in [0.29, 0.717) is 17.4 Å². The van der Waals surface area contributed by atoms with Crippen LogP contribution in [0.5, 0.6) is 0 Å². The van der Waals surface area contributed by atoms with Crippen molar-refractivity contribution in [3.63, 3.8) is 0 Å². The monoisotopic (exact) mass is 264 g/mol. The van der Waals surface area contributed by atoms with Gasteiger partial charge in [-0.05, 0) is 30.9 Å². The number of carbonyl (C=O) groups is 1. The summed E-state index contributed by atoms with van der Waals surface area (Å²) in [6.45, 7) is 2.60. The maximum absolute atomic E-state index is 11.6. The number of carbonyl (C=O) groups excluding carboxylic acids is 1. The van der Waals surface area contributed by atoms with Crippen molar-refractivity contribution in [1.29, 1.82) is 0 Å². The predicted octanol–water partition coefficient (Wildman–Crippen LogP) is 1.02. The summed E-state index contributed by atoms with van der Waals surface area (Å²) in [4.78, 5) is 13.1. The standard InChI is InChI=1S/C13H20N4O2/c1-17(2)13(18)11-3-4-12(16-15-11)14-7-5-10-6-8-19-9-10/h3-4,10H,5-9H2,1-2H3,(H,14,16). The van der Waals surface area contributed by atoms with E-state index in [0.717, 1.165) is 32.6 Å². The van der Waals surface area contributed by atoms with Crippen LogP contribution < -0.4 is 5.32 Å². The molecule has 6 heteroatoms. The second-order valence-electron chi connectivity index (χ2n) is 4.95. The molecule has 2 rings (SSSR count). The number of anilines is 1. The van der Waals surface area contributed by atoms with Gasteiger partial charge in [-0.25, -0.2) is 0 Å². The Morgan fingerprint density at radius 2 is 2.32 bits per heavy atom. The highest BCUT2D eigenvalue weighted by atomic mass is 16.5. The van der Waals surface area contributed by atoms with Crippen LogP contribution in [0, 0.1) is 5.92 Å². The Balaban J connectivity index is 1.79. The van der Waals surface area contributed by atoms with E-state index in [1.807, 2.05) is 0 Å². The van der Waals surface area contributed by atoms with Crippen LogP contribution in [0.3, 0.4) is 0 Å². The van der Waals surface area contributed by atoms with Crippen molar-refractivity contribution in [3.05, 3.63) is 17.8 Å². The predicted molar refractivity (Wildman–Crippen MR) is 72.1 cm³/mol. The number of aromatic nitrogens is 2. The summed E-state index contributed by atoms with van der Waals surface area (Å²) >= 11 is 0. The Kier molecular flexibility index (Phi) is 4.68. The molecule has 1 aliphatic heterocycles. The molecule has 0 saturated carbocycles. The molecule has 0 spiro atoms. The Bertz CT molecular complexity index is 413. The molecule has 6 nitrogen and oxygen atoms in total. The lowest BCUT2D eigenvalue weighted by atomic mass is 10.1. The number of hydrogen-bond acceptors (Lipinski definition) is 5. The molecule has 19 heavy (non-hydrogen) atoms. The van der Waals surface area contributed by atoms with Gasteiger partial charge in [0.25, 0.3) is 5.91 Å². The van der Waals surface area contributed by atoms with E-state index in [-0.39, 0.29) is 5.91 Å². The van der Waals surface area contributed by atoms with Gasteiger partial charge in [-0.15, -0.1) is 10.2 Å². The second-order valence-corrected chi connectivity index (χ2v) is 4.95. The van der Waals surface area contributed by atoms with Crippen LogP contribution in [-0.2, 0) is 4.74 Å². The number of amides is 1. The zero-order valence-electron chi connectivity index (χ0n) is 11.4. The molecule has 1 aromatic heterocycles. The fraction of sp³-hybridized carbons (Fsp3) is 0.615. The summed E-state index contributed by atoms with van der Waals surface area (Å²) in [6, 6.07) is 3.48. The molecular formula is C13H20N4O2. The van der Waals surface area contributed by atoms with Crippen molar-refractivity contribution in [2.45, 2.75) is 12.8 Å². The highest BCUT2D eigenvalue weighted by molar-refractivity contribution is 5.91. The molecule has 2 heterocycles. The van der Waals surface area contributed by atoms with Gasteiger partial charge in [-0.3, -0.25) is 4.79 Å². The molecule has 1 saturated heterocycles. The maximum atomic E-state index is 11.6. The van der Waals surface area contributed by atoms with Crippen molar-refractivity contribution in [2.75, 3.05) is 39.2 Å².